The minimum atomic E-state index is -4.43. The Kier molecular flexibility index (Phi) is 10.2. The number of alkyl halides is 3. The number of carboxylic acid groups (broad SMARTS) is 1. The summed E-state index contributed by atoms with van der Waals surface area (Å²) in [6.07, 6.45) is -4.65. The first-order valence-electron chi connectivity index (χ1n) is 4.57. The number of aromatic amines is 1. The van der Waals surface area contributed by atoms with Crippen LogP contribution in [-0.2, 0) is 20.4 Å². The molecule has 0 aliphatic heterocycles. The Bertz CT molecular complexity index is 376. The van der Waals surface area contributed by atoms with E-state index in [0.717, 1.165) is 6.92 Å². The summed E-state index contributed by atoms with van der Waals surface area (Å²) in [5.74, 6) is -1.10. The number of aliphatic carboxylic acids is 1. The Balaban J connectivity index is 0. The van der Waals surface area contributed by atoms with E-state index in [0.29, 0.717) is 6.20 Å². The zero-order valence-electron chi connectivity index (χ0n) is 10.9. The van der Waals surface area contributed by atoms with Crippen LogP contribution in [0.5, 0.6) is 0 Å². The molecule has 0 aliphatic rings. The third kappa shape index (κ3) is 8.22. The monoisotopic (exact) mass is 292 g/mol. The quantitative estimate of drug-likeness (QED) is 0.491. The van der Waals surface area contributed by atoms with Gasteiger partial charge in [-0.1, -0.05) is 0 Å². The van der Waals surface area contributed by atoms with Crippen LogP contribution in [0.15, 0.2) is 6.20 Å². The molecule has 1 aromatic rings. The summed E-state index contributed by atoms with van der Waals surface area (Å²) < 4.78 is 45.8. The van der Waals surface area contributed by atoms with Gasteiger partial charge in [0.1, 0.15) is 5.69 Å². The van der Waals surface area contributed by atoms with Gasteiger partial charge in [-0.05, 0) is 6.92 Å². The van der Waals surface area contributed by atoms with E-state index < -0.39 is 24.1 Å². The van der Waals surface area contributed by atoms with Crippen LogP contribution in [-0.4, -0.2) is 30.2 Å². The molecule has 0 aliphatic carbocycles. The van der Waals surface area contributed by atoms with Crippen molar-refractivity contribution in [1.82, 2.24) is 9.97 Å². The molecule has 10 heteroatoms. The number of nitrogens with zero attached hydrogens (tertiary/aromatic N) is 1. The third-order valence-corrected chi connectivity index (χ3v) is 1.55. The maximum atomic E-state index is 12.1. The Labute approximate surface area is 129 Å². The van der Waals surface area contributed by atoms with Crippen LogP contribution in [0.1, 0.15) is 24.7 Å². The number of rotatable bonds is 3. The fraction of sp³-hybridized carbons (Fsp3) is 0.556. The molecule has 0 atom stereocenters. The zero-order valence-corrected chi connectivity index (χ0v) is 12.9. The Hall–Kier alpha value is -0.610. The van der Waals surface area contributed by atoms with E-state index in [1.54, 1.807) is 0 Å². The molecule has 19 heavy (non-hydrogen) atoms. The summed E-state index contributed by atoms with van der Waals surface area (Å²) in [5, 5.41) is 8.89. The number of ether oxygens (including phenoxy) is 2. The van der Waals surface area contributed by atoms with Gasteiger partial charge in [-0.2, -0.15) is 13.2 Å². The summed E-state index contributed by atoms with van der Waals surface area (Å²) >= 11 is 0. The summed E-state index contributed by atoms with van der Waals surface area (Å²) in [6, 6.07) is 0. The van der Waals surface area contributed by atoms with Crippen molar-refractivity contribution in [1.29, 1.82) is 0 Å². The minimum absolute atomic E-state index is 0. The molecule has 0 saturated heterocycles. The van der Waals surface area contributed by atoms with Crippen LogP contribution in [0.4, 0.5) is 13.2 Å². The van der Waals surface area contributed by atoms with Crippen molar-refractivity contribution in [2.45, 2.75) is 19.4 Å². The largest absolute Gasteiger partial charge is 1.00 e. The Morgan fingerprint density at radius 2 is 1.84 bits per heavy atom. The second-order valence-corrected chi connectivity index (χ2v) is 2.97. The predicted molar refractivity (Wildman–Crippen MR) is 51.0 cm³/mol. The first kappa shape index (κ1) is 20.7. The normalized spacial score (nSPS) is 10.5. The van der Waals surface area contributed by atoms with E-state index in [4.69, 9.17) is 19.4 Å². The van der Waals surface area contributed by atoms with Gasteiger partial charge >= 0.3 is 35.7 Å². The van der Waals surface area contributed by atoms with E-state index in [1.807, 2.05) is 0 Å². The van der Waals surface area contributed by atoms with Crippen molar-refractivity contribution in [3.05, 3.63) is 17.7 Å². The number of H-pyrrole nitrogens is 1. The molecule has 0 spiro atoms. The van der Waals surface area contributed by atoms with E-state index in [-0.39, 0.29) is 35.4 Å². The molecule has 0 bridgehead atoms. The second kappa shape index (κ2) is 9.32. The van der Waals surface area contributed by atoms with Gasteiger partial charge in [0.05, 0.1) is 6.20 Å². The molecule has 0 saturated carbocycles. The molecule has 0 amide bonds. The number of hydrogen-bond donors (Lipinski definition) is 1. The third-order valence-electron chi connectivity index (χ3n) is 1.55. The summed E-state index contributed by atoms with van der Waals surface area (Å²) in [5.41, 5.74) is -0.924. The first-order valence-corrected chi connectivity index (χ1v) is 4.57. The van der Waals surface area contributed by atoms with Crippen LogP contribution in [0, 0.1) is 0 Å². The summed E-state index contributed by atoms with van der Waals surface area (Å²) in [6.45, 7) is 0.972. The number of halogens is 3. The van der Waals surface area contributed by atoms with Crippen molar-refractivity contribution in [2.75, 3.05) is 14.2 Å². The number of methoxy groups -OCH3 is 2. The van der Waals surface area contributed by atoms with Crippen LogP contribution in [0.25, 0.3) is 0 Å². The molecular weight excluding hydrogens is 280 g/mol. The molecule has 1 aromatic heterocycles. The second-order valence-electron chi connectivity index (χ2n) is 2.97. The minimum Gasteiger partial charge on any atom is -0.550 e. The SMILES string of the molecule is CC(=O)[O-].COC(OC)c1ncc(C(F)(F)F)[nH]1.[Na+]. The molecule has 1 N–H and O–H groups in total. The maximum absolute atomic E-state index is 12.1. The molecule has 0 fully saturated rings. The van der Waals surface area contributed by atoms with Gasteiger partial charge in [-0.15, -0.1) is 0 Å². The fourth-order valence-corrected chi connectivity index (χ4v) is 0.920. The molecule has 104 valence electrons. The van der Waals surface area contributed by atoms with Crippen molar-refractivity contribution < 1.29 is 62.1 Å². The van der Waals surface area contributed by atoms with Gasteiger partial charge in [0.15, 0.2) is 5.82 Å². The van der Waals surface area contributed by atoms with Crippen LogP contribution in [0.2, 0.25) is 0 Å². The summed E-state index contributed by atoms with van der Waals surface area (Å²) in [4.78, 5) is 14.5. The fourth-order valence-electron chi connectivity index (χ4n) is 0.920. The van der Waals surface area contributed by atoms with Crippen molar-refractivity contribution in [3.8, 4) is 0 Å². The van der Waals surface area contributed by atoms with Gasteiger partial charge in [-0.3, -0.25) is 0 Å². The van der Waals surface area contributed by atoms with Crippen LogP contribution >= 0.6 is 0 Å². The number of imidazole rings is 1. The standard InChI is InChI=1S/C7H9F3N2O2.C2H4O2.Na/c1-13-6(14-2)5-11-3-4(12-5)7(8,9)10;1-2(3)4;/h3,6H,1-2H3,(H,11,12);1H3,(H,3,4);/q;;+1/p-1. The maximum Gasteiger partial charge on any atom is 1.00 e. The van der Waals surface area contributed by atoms with Crippen LogP contribution in [0.3, 0.4) is 0 Å². The smallest absolute Gasteiger partial charge is 0.550 e. The molecule has 6 nitrogen and oxygen atoms in total. The van der Waals surface area contributed by atoms with E-state index in [1.165, 1.54) is 14.2 Å². The van der Waals surface area contributed by atoms with Crippen LogP contribution < -0.4 is 34.7 Å². The number of carboxylic acids is 1. The molecule has 1 heterocycles. The van der Waals surface area contributed by atoms with Gasteiger partial charge in [-0.25, -0.2) is 4.98 Å². The number of carbonyl (C=O) groups excluding carboxylic acids is 1. The van der Waals surface area contributed by atoms with E-state index >= 15 is 0 Å². The Morgan fingerprint density at radius 3 is 2.11 bits per heavy atom. The van der Waals surface area contributed by atoms with Gasteiger partial charge in [0.2, 0.25) is 6.29 Å². The van der Waals surface area contributed by atoms with E-state index in [2.05, 4.69) is 9.97 Å². The molecular formula is C9H12F3N2NaO4. The van der Waals surface area contributed by atoms with Crippen molar-refractivity contribution in [2.24, 2.45) is 0 Å². The number of nitrogens with one attached hydrogen (secondary N) is 1. The van der Waals surface area contributed by atoms with Gasteiger partial charge in [0.25, 0.3) is 0 Å². The predicted octanol–water partition coefficient (Wildman–Crippen LogP) is -2.52. The topological polar surface area (TPSA) is 87.3 Å². The average molecular weight is 292 g/mol. The average Bonchev–Trinajstić information content (AvgIpc) is 2.67. The molecule has 1 rings (SSSR count). The number of carbonyl (C=O) groups is 1. The van der Waals surface area contributed by atoms with Crippen molar-refractivity contribution >= 4 is 5.97 Å². The summed E-state index contributed by atoms with van der Waals surface area (Å²) in [7, 11) is 2.62. The number of hydrogen-bond acceptors (Lipinski definition) is 5. The Morgan fingerprint density at radius 1 is 1.42 bits per heavy atom. The zero-order chi connectivity index (χ0) is 14.3. The molecule has 0 aromatic carbocycles. The molecule has 0 radical (unpaired) electrons. The van der Waals surface area contributed by atoms with Gasteiger partial charge < -0.3 is 24.4 Å². The van der Waals surface area contributed by atoms with E-state index in [9.17, 15) is 13.2 Å². The molecule has 0 unspecified atom stereocenters. The first-order chi connectivity index (χ1) is 8.22. The van der Waals surface area contributed by atoms with Gasteiger partial charge in [0, 0.05) is 20.2 Å². The number of aromatic nitrogens is 2. The van der Waals surface area contributed by atoms with Crippen molar-refractivity contribution in [3.63, 3.8) is 0 Å².